The van der Waals surface area contributed by atoms with E-state index in [1.54, 1.807) is 0 Å². The van der Waals surface area contributed by atoms with Crippen LogP contribution in [0.1, 0.15) is 26.7 Å². The lowest BCUT2D eigenvalue weighted by molar-refractivity contribution is -0.114. The molecule has 0 aliphatic carbocycles. The molecule has 0 radical (unpaired) electrons. The summed E-state index contributed by atoms with van der Waals surface area (Å²) in [5, 5.41) is 9.91. The molecule has 5 heteroatoms. The number of likely N-dealkylation sites (N-methyl/N-ethyl adjacent to an activating group) is 1. The average molecular weight is 252 g/mol. The van der Waals surface area contributed by atoms with E-state index < -0.39 is 0 Å². The second kappa shape index (κ2) is 6.29. The van der Waals surface area contributed by atoms with E-state index in [4.69, 9.17) is 0 Å². The van der Waals surface area contributed by atoms with Gasteiger partial charge in [-0.3, -0.25) is 9.91 Å². The second-order valence-corrected chi connectivity index (χ2v) is 4.96. The molecule has 0 aromatic heterocycles. The van der Waals surface area contributed by atoms with Crippen LogP contribution >= 0.6 is 0 Å². The first-order valence-corrected chi connectivity index (χ1v) is 7.04. The number of carbonyl (C=O) groups is 1. The number of hydrazone groups is 1. The van der Waals surface area contributed by atoms with Crippen molar-refractivity contribution >= 4 is 12.5 Å². The Kier molecular flexibility index (Phi) is 4.72. The van der Waals surface area contributed by atoms with Crippen LogP contribution in [0.3, 0.4) is 0 Å². The molecule has 1 saturated heterocycles. The molecule has 0 spiro atoms. The SMILES string of the molecule is CCN(CC)C1C=NN(C2CCNCC2)C1C=O. The van der Waals surface area contributed by atoms with Gasteiger partial charge in [0.15, 0.2) is 0 Å². The lowest BCUT2D eigenvalue weighted by atomic mass is 10.0. The summed E-state index contributed by atoms with van der Waals surface area (Å²) in [5.74, 6) is 0. The van der Waals surface area contributed by atoms with E-state index >= 15 is 0 Å². The van der Waals surface area contributed by atoms with Crippen LogP contribution in [0.15, 0.2) is 5.10 Å². The Morgan fingerprint density at radius 2 is 2.06 bits per heavy atom. The van der Waals surface area contributed by atoms with E-state index in [-0.39, 0.29) is 12.1 Å². The van der Waals surface area contributed by atoms with Crippen LogP contribution < -0.4 is 5.32 Å². The molecule has 5 nitrogen and oxygen atoms in total. The van der Waals surface area contributed by atoms with Crippen LogP contribution in [-0.4, -0.2) is 66.7 Å². The third-order valence-electron chi connectivity index (χ3n) is 4.06. The number of aldehydes is 1. The van der Waals surface area contributed by atoms with Crippen LogP contribution in [0, 0.1) is 0 Å². The van der Waals surface area contributed by atoms with Crippen LogP contribution in [-0.2, 0) is 4.79 Å². The number of nitrogens with zero attached hydrogens (tertiary/aromatic N) is 3. The Balaban J connectivity index is 2.05. The van der Waals surface area contributed by atoms with E-state index in [0.717, 1.165) is 45.3 Å². The number of piperidine rings is 1. The molecule has 0 bridgehead atoms. The summed E-state index contributed by atoms with van der Waals surface area (Å²) in [4.78, 5) is 13.7. The van der Waals surface area contributed by atoms with Crippen LogP contribution in [0.4, 0.5) is 0 Å². The van der Waals surface area contributed by atoms with Crippen LogP contribution in [0.2, 0.25) is 0 Å². The summed E-state index contributed by atoms with van der Waals surface area (Å²) < 4.78 is 0. The number of hydrogen-bond donors (Lipinski definition) is 1. The van der Waals surface area contributed by atoms with Crippen molar-refractivity contribution in [3.63, 3.8) is 0 Å². The van der Waals surface area contributed by atoms with E-state index in [1.807, 2.05) is 11.2 Å². The zero-order valence-electron chi connectivity index (χ0n) is 11.4. The van der Waals surface area contributed by atoms with Gasteiger partial charge < -0.3 is 10.1 Å². The third-order valence-corrected chi connectivity index (χ3v) is 4.06. The quantitative estimate of drug-likeness (QED) is 0.716. The largest absolute Gasteiger partial charge is 0.317 e. The molecule has 2 unspecified atom stereocenters. The molecule has 18 heavy (non-hydrogen) atoms. The minimum Gasteiger partial charge on any atom is -0.317 e. The highest BCUT2D eigenvalue weighted by molar-refractivity contribution is 5.77. The first kappa shape index (κ1) is 13.5. The number of carbonyl (C=O) groups excluding carboxylic acids is 1. The highest BCUT2D eigenvalue weighted by Gasteiger charge is 2.37. The molecule has 2 atom stereocenters. The van der Waals surface area contributed by atoms with Crippen LogP contribution in [0.5, 0.6) is 0 Å². The van der Waals surface area contributed by atoms with Gasteiger partial charge in [-0.1, -0.05) is 13.8 Å². The lowest BCUT2D eigenvalue weighted by Gasteiger charge is -2.36. The van der Waals surface area contributed by atoms with E-state index in [0.29, 0.717) is 6.04 Å². The van der Waals surface area contributed by atoms with Gasteiger partial charge >= 0.3 is 0 Å². The van der Waals surface area contributed by atoms with Gasteiger partial charge in [0.2, 0.25) is 0 Å². The molecule has 102 valence electrons. The van der Waals surface area contributed by atoms with Gasteiger partial charge in [-0.2, -0.15) is 5.10 Å². The standard InChI is InChI=1S/C13H24N4O/c1-3-16(4-2)12-9-15-17(13(12)10-18)11-5-7-14-8-6-11/h9-14H,3-8H2,1-2H3. The minimum absolute atomic E-state index is 0.104. The molecule has 2 heterocycles. The first-order valence-electron chi connectivity index (χ1n) is 7.04. The second-order valence-electron chi connectivity index (χ2n) is 4.96. The maximum absolute atomic E-state index is 11.4. The van der Waals surface area contributed by atoms with E-state index in [2.05, 4.69) is 29.2 Å². The van der Waals surface area contributed by atoms with Crippen molar-refractivity contribution in [2.75, 3.05) is 26.2 Å². The minimum atomic E-state index is -0.104. The van der Waals surface area contributed by atoms with Crippen molar-refractivity contribution in [2.24, 2.45) is 5.10 Å². The summed E-state index contributed by atoms with van der Waals surface area (Å²) >= 11 is 0. The predicted molar refractivity (Wildman–Crippen MR) is 72.8 cm³/mol. The molecular weight excluding hydrogens is 228 g/mol. The van der Waals surface area contributed by atoms with Crippen molar-refractivity contribution in [3.8, 4) is 0 Å². The number of hydrogen-bond acceptors (Lipinski definition) is 5. The summed E-state index contributed by atoms with van der Waals surface area (Å²) in [7, 11) is 0. The zero-order chi connectivity index (χ0) is 13.0. The molecule has 1 fully saturated rings. The molecule has 1 N–H and O–H groups in total. The zero-order valence-corrected chi connectivity index (χ0v) is 11.4. The fraction of sp³-hybridized carbons (Fsp3) is 0.846. The Labute approximate surface area is 109 Å². The van der Waals surface area contributed by atoms with E-state index in [1.165, 1.54) is 0 Å². The maximum Gasteiger partial charge on any atom is 0.146 e. The van der Waals surface area contributed by atoms with Crippen molar-refractivity contribution in [2.45, 2.75) is 44.8 Å². The fourth-order valence-corrected chi connectivity index (χ4v) is 2.97. The average Bonchev–Trinajstić information content (AvgIpc) is 2.85. The highest BCUT2D eigenvalue weighted by Crippen LogP contribution is 2.22. The van der Waals surface area contributed by atoms with Crippen LogP contribution in [0.25, 0.3) is 0 Å². The van der Waals surface area contributed by atoms with Gasteiger partial charge in [-0.25, -0.2) is 0 Å². The Hall–Kier alpha value is -0.940. The molecule has 2 aliphatic rings. The topological polar surface area (TPSA) is 47.9 Å². The van der Waals surface area contributed by atoms with Gasteiger partial charge in [-0.05, 0) is 39.0 Å². The van der Waals surface area contributed by atoms with E-state index in [9.17, 15) is 4.79 Å². The molecular formula is C13H24N4O. The molecule has 0 amide bonds. The third kappa shape index (κ3) is 2.57. The Morgan fingerprint density at radius 3 is 2.61 bits per heavy atom. The lowest BCUT2D eigenvalue weighted by Crippen LogP contribution is -2.52. The normalized spacial score (nSPS) is 29.2. The summed E-state index contributed by atoms with van der Waals surface area (Å²) in [6.07, 6.45) is 5.17. The number of nitrogens with one attached hydrogen (secondary N) is 1. The molecule has 0 saturated carbocycles. The van der Waals surface area contributed by atoms with Crippen molar-refractivity contribution in [1.82, 2.24) is 15.2 Å². The summed E-state index contributed by atoms with van der Waals surface area (Å²) in [5.41, 5.74) is 0. The summed E-state index contributed by atoms with van der Waals surface area (Å²) in [6.45, 7) is 8.23. The highest BCUT2D eigenvalue weighted by atomic mass is 16.1. The van der Waals surface area contributed by atoms with Gasteiger partial charge in [0.25, 0.3) is 0 Å². The fourth-order valence-electron chi connectivity index (χ4n) is 2.97. The van der Waals surface area contributed by atoms with Gasteiger partial charge in [0.05, 0.1) is 12.1 Å². The Morgan fingerprint density at radius 1 is 1.39 bits per heavy atom. The van der Waals surface area contributed by atoms with Gasteiger partial charge in [-0.15, -0.1) is 0 Å². The molecule has 0 aromatic carbocycles. The molecule has 0 aromatic rings. The van der Waals surface area contributed by atoms with Crippen molar-refractivity contribution < 1.29 is 4.79 Å². The summed E-state index contributed by atoms with van der Waals surface area (Å²) in [6, 6.07) is 0.457. The van der Waals surface area contributed by atoms with Crippen molar-refractivity contribution in [3.05, 3.63) is 0 Å². The maximum atomic E-state index is 11.4. The first-order chi connectivity index (χ1) is 8.81. The predicted octanol–water partition coefficient (Wildman–Crippen LogP) is 0.318. The molecule has 2 rings (SSSR count). The smallest absolute Gasteiger partial charge is 0.146 e. The van der Waals surface area contributed by atoms with Gasteiger partial charge in [0.1, 0.15) is 12.3 Å². The molecule has 2 aliphatic heterocycles. The van der Waals surface area contributed by atoms with Crippen molar-refractivity contribution in [1.29, 1.82) is 0 Å². The van der Waals surface area contributed by atoms with Gasteiger partial charge in [0, 0.05) is 6.21 Å². The number of rotatable bonds is 5. The monoisotopic (exact) mass is 252 g/mol. The Bertz CT molecular complexity index is 297.